The Hall–Kier alpha value is -4.76. The molecule has 86 heavy (non-hydrogen) atoms. The molecule has 5 aromatic carbocycles. The maximum absolute atomic E-state index is 13.2. The first-order chi connectivity index (χ1) is 40.0. The monoisotopic (exact) mass is 1460 g/mol. The fourth-order valence-electron chi connectivity index (χ4n) is 7.63. The molecule has 0 saturated heterocycles. The zero-order valence-corrected chi connectivity index (χ0v) is 56.8. The summed E-state index contributed by atoms with van der Waals surface area (Å²) in [7, 11) is -23.3. The molecule has 0 bridgehead atoms. The molecule has 0 saturated carbocycles. The number of aryl methyl sites for hydroxylation is 1. The second kappa shape index (κ2) is 28.0. The second-order valence-corrected chi connectivity index (χ2v) is 35.6. The molecule has 0 unspecified atom stereocenters. The summed E-state index contributed by atoms with van der Waals surface area (Å²) in [5.41, 5.74) is 0.889. The van der Waals surface area contributed by atoms with Gasteiger partial charge in [0.15, 0.2) is 0 Å². The van der Waals surface area contributed by atoms with Gasteiger partial charge in [0.05, 0.1) is 80.7 Å². The number of nitrogens with one attached hydrogen (secondary N) is 6. The van der Waals surface area contributed by atoms with Gasteiger partial charge in [0.2, 0.25) is 20.0 Å². The van der Waals surface area contributed by atoms with Crippen LogP contribution in [0.3, 0.4) is 0 Å². The largest absolute Gasteiger partial charge is 0.488 e. The minimum Gasteiger partial charge on any atom is -0.488 e. The zero-order chi connectivity index (χ0) is 63.2. The average molecular weight is 1470 g/mol. The predicted octanol–water partition coefficient (Wildman–Crippen LogP) is 14.8. The van der Waals surface area contributed by atoms with Gasteiger partial charge in [0, 0.05) is 0 Å². The van der Waals surface area contributed by atoms with Crippen LogP contribution in [0.25, 0.3) is 0 Å². The van der Waals surface area contributed by atoms with Crippen LogP contribution in [-0.2, 0) is 72.3 Å². The quantitative estimate of drug-likeness (QED) is 0.0414. The molecule has 3 aromatic heterocycles. The third-order valence-corrected chi connectivity index (χ3v) is 26.1. The van der Waals surface area contributed by atoms with E-state index in [0.29, 0.717) is 17.7 Å². The van der Waals surface area contributed by atoms with Crippen molar-refractivity contribution in [3.8, 4) is 5.75 Å². The Balaban J connectivity index is 0.000000187. The van der Waals surface area contributed by atoms with Crippen LogP contribution >= 0.6 is 104 Å². The number of rotatable bonds is 20. The lowest BCUT2D eigenvalue weighted by molar-refractivity contribution is 0.0845. The Labute approximate surface area is 541 Å². The highest BCUT2D eigenvalue weighted by Gasteiger charge is 2.30. The smallest absolute Gasteiger partial charge is 0.271 e. The summed E-state index contributed by atoms with van der Waals surface area (Å²) in [6.07, 6.45) is 1.42. The van der Waals surface area contributed by atoms with Crippen LogP contribution in [0.4, 0.5) is 34.1 Å². The van der Waals surface area contributed by atoms with Crippen LogP contribution in [0.5, 0.6) is 5.75 Å². The van der Waals surface area contributed by atoms with Crippen LogP contribution in [0, 0.1) is 5.92 Å². The summed E-state index contributed by atoms with van der Waals surface area (Å²) in [4.78, 5) is 0.0164. The van der Waals surface area contributed by atoms with Crippen molar-refractivity contribution in [2.75, 3.05) is 34.1 Å². The summed E-state index contributed by atoms with van der Waals surface area (Å²) < 4.78 is 171. The lowest BCUT2D eigenvalue weighted by Crippen LogP contribution is -2.32. The molecule has 1 aliphatic rings. The number of fused-ring (bicyclic) bond motifs is 1. The molecule has 6 N–H and O–H groups in total. The molecule has 0 aliphatic carbocycles. The first kappa shape index (κ1) is 68.7. The third-order valence-electron chi connectivity index (χ3n) is 11.4. The first-order valence-corrected chi connectivity index (χ1v) is 38.7. The van der Waals surface area contributed by atoms with E-state index >= 15 is 0 Å². The van der Waals surface area contributed by atoms with E-state index in [1.165, 1.54) is 60.7 Å². The molecule has 9 rings (SSSR count). The van der Waals surface area contributed by atoms with E-state index in [1.54, 1.807) is 90.7 Å². The fraction of sp³-hybridized carbons (Fsp3) is 0.192. The number of hydrogen-bond acceptors (Lipinski definition) is 16. The van der Waals surface area contributed by atoms with Gasteiger partial charge in [-0.3, -0.25) is 28.3 Å². The average Bonchev–Trinajstić information content (AvgIpc) is 2.15. The van der Waals surface area contributed by atoms with Gasteiger partial charge in [-0.25, -0.2) is 50.5 Å². The topological polar surface area (TPSA) is 286 Å². The van der Waals surface area contributed by atoms with Crippen LogP contribution in [0.1, 0.15) is 45.2 Å². The number of thiophene rings is 3. The maximum atomic E-state index is 13.2. The standard InChI is InChI=1S/C21H20Cl2N2O5S3.C17H14Cl2N2O4S3.C14H16Cl2N2O4S3/c1-21(2)8-7-13-10-14(5-6-19(13)30-21)32(26,27)24-17-11-15(22)16(23)12-18(17)25-33(28,29)20-4-3-9-31-20;18-13-9-15(20-27(22,23)11-12-5-2-1-3-6-12)16(10-14(13)19)21-28(24,25)17-7-4-8-26-17;1-9(2)8-24(19,20)17-12-6-10(15)11(16)7-13(12)18-25(21,22)14-4-3-5-23-14/h3-6,9-12,24-25H,7-8H2,1-2H3;1-10,20-21H,11H2;3-7,9,17-18H,8H2,1-2H3. The molecular formula is C52H50Cl6N6O13S9. The van der Waals surface area contributed by atoms with Crippen molar-refractivity contribution >= 4 is 198 Å². The number of ether oxygens (including phenoxy) is 1. The molecule has 1 aliphatic heterocycles. The predicted molar refractivity (Wildman–Crippen MR) is 350 cm³/mol. The summed E-state index contributed by atoms with van der Waals surface area (Å²) in [5, 5.41) is 5.35. The molecule has 8 aromatic rings. The van der Waals surface area contributed by atoms with E-state index in [1.807, 2.05) is 13.8 Å². The van der Waals surface area contributed by atoms with Gasteiger partial charge >= 0.3 is 0 Å². The fourth-order valence-corrected chi connectivity index (χ4v) is 18.6. The van der Waals surface area contributed by atoms with E-state index < -0.39 is 60.1 Å². The summed E-state index contributed by atoms with van der Waals surface area (Å²) in [5.74, 6) is 0.130. The van der Waals surface area contributed by atoms with Crippen LogP contribution in [0.2, 0.25) is 30.1 Å². The maximum Gasteiger partial charge on any atom is 0.271 e. The first-order valence-electron chi connectivity index (χ1n) is 24.6. The molecule has 0 amide bonds. The normalized spacial score (nSPS) is 13.4. The Morgan fingerprint density at radius 1 is 0.453 bits per heavy atom. The van der Waals surface area contributed by atoms with Crippen LogP contribution in [0.15, 0.2) is 155 Å². The number of anilines is 6. The van der Waals surface area contributed by atoms with Crippen molar-refractivity contribution in [2.45, 2.75) is 69.4 Å². The lowest BCUT2D eigenvalue weighted by Gasteiger charge is -2.32. The van der Waals surface area contributed by atoms with Gasteiger partial charge in [-0.15, -0.1) is 34.0 Å². The van der Waals surface area contributed by atoms with Crippen molar-refractivity contribution in [1.82, 2.24) is 0 Å². The minimum absolute atomic E-state index is 0.00451. The van der Waals surface area contributed by atoms with Crippen molar-refractivity contribution in [3.05, 3.63) is 179 Å². The third kappa shape index (κ3) is 18.9. The zero-order valence-electron chi connectivity index (χ0n) is 44.9. The molecule has 0 spiro atoms. The van der Waals surface area contributed by atoms with Crippen LogP contribution in [-0.4, -0.2) is 61.9 Å². The molecule has 19 nitrogen and oxygen atoms in total. The van der Waals surface area contributed by atoms with Crippen molar-refractivity contribution in [1.29, 1.82) is 0 Å². The highest BCUT2D eigenvalue weighted by Crippen LogP contribution is 2.40. The van der Waals surface area contributed by atoms with Gasteiger partial charge in [-0.1, -0.05) is 132 Å². The Morgan fingerprint density at radius 2 is 0.814 bits per heavy atom. The number of benzene rings is 5. The molecule has 0 atom stereocenters. The molecule has 0 fully saturated rings. The lowest BCUT2D eigenvalue weighted by atomic mass is 9.94. The summed E-state index contributed by atoms with van der Waals surface area (Å²) in [6.45, 7) is 7.47. The highest BCUT2D eigenvalue weighted by molar-refractivity contribution is 7.95. The van der Waals surface area contributed by atoms with E-state index in [9.17, 15) is 50.5 Å². The Bertz CT molecular complexity index is 4450. The molecule has 0 radical (unpaired) electrons. The highest BCUT2D eigenvalue weighted by atomic mass is 35.5. The van der Waals surface area contributed by atoms with Crippen LogP contribution < -0.4 is 33.1 Å². The SMILES string of the molecule is CC(C)CS(=O)(=O)Nc1cc(Cl)c(Cl)cc1NS(=O)(=O)c1cccs1.CC1(C)CCc2cc(S(=O)(=O)Nc3cc(Cl)c(Cl)cc3NS(=O)(=O)c3cccs3)ccc2O1.O=S(=O)(Cc1ccccc1)Nc1cc(Cl)c(Cl)cc1NS(=O)(=O)c1cccs1. The number of hydrogen-bond donors (Lipinski definition) is 6. The molecule has 34 heteroatoms. The second-order valence-electron chi connectivity index (χ2n) is 19.4. The van der Waals surface area contributed by atoms with Gasteiger partial charge in [-0.05, 0) is 133 Å². The molecular weight excluding hydrogens is 1420 g/mol. The van der Waals surface area contributed by atoms with Gasteiger partial charge in [0.1, 0.15) is 24.0 Å². The minimum atomic E-state index is -4.08. The van der Waals surface area contributed by atoms with E-state index in [2.05, 4.69) is 28.3 Å². The van der Waals surface area contributed by atoms with Gasteiger partial charge < -0.3 is 4.74 Å². The molecule has 4 heterocycles. The van der Waals surface area contributed by atoms with Crippen molar-refractivity contribution in [3.63, 3.8) is 0 Å². The van der Waals surface area contributed by atoms with Gasteiger partial charge in [0.25, 0.3) is 40.1 Å². The Morgan fingerprint density at radius 3 is 1.17 bits per heavy atom. The summed E-state index contributed by atoms with van der Waals surface area (Å²) in [6, 6.07) is 29.9. The van der Waals surface area contributed by atoms with Crippen molar-refractivity contribution < 1.29 is 55.2 Å². The van der Waals surface area contributed by atoms with E-state index in [-0.39, 0.29) is 105 Å². The summed E-state index contributed by atoms with van der Waals surface area (Å²) >= 11 is 39.2. The number of halogens is 6. The van der Waals surface area contributed by atoms with E-state index in [0.717, 1.165) is 46.0 Å². The van der Waals surface area contributed by atoms with E-state index in [4.69, 9.17) is 74.3 Å². The van der Waals surface area contributed by atoms with Gasteiger partial charge in [-0.2, -0.15) is 0 Å². The number of sulfonamides is 6. The molecule has 462 valence electrons. The Kier molecular flexibility index (Phi) is 22.3. The van der Waals surface area contributed by atoms with Crippen molar-refractivity contribution in [2.24, 2.45) is 5.92 Å².